The number of benzene rings is 1. The summed E-state index contributed by atoms with van der Waals surface area (Å²) >= 11 is 3.53. The maximum atomic E-state index is 12.7. The lowest BCUT2D eigenvalue weighted by atomic mass is 9.90. The fourth-order valence-corrected chi connectivity index (χ4v) is 3.51. The lowest BCUT2D eigenvalue weighted by Crippen LogP contribution is -2.56. The highest BCUT2D eigenvalue weighted by Crippen LogP contribution is 2.29. The van der Waals surface area contributed by atoms with E-state index in [2.05, 4.69) is 21.2 Å². The van der Waals surface area contributed by atoms with Gasteiger partial charge in [-0.3, -0.25) is 9.59 Å². The first-order chi connectivity index (χ1) is 11.7. The normalized spacial score (nSPS) is 13.5. The molecule has 0 fully saturated rings. The molecule has 0 radical (unpaired) electrons. The van der Waals surface area contributed by atoms with Crippen LogP contribution in [-0.2, 0) is 11.8 Å². The van der Waals surface area contributed by atoms with Crippen LogP contribution in [0.4, 0.5) is 0 Å². The van der Waals surface area contributed by atoms with E-state index in [9.17, 15) is 9.59 Å². The Labute approximate surface area is 156 Å². The van der Waals surface area contributed by atoms with Crippen LogP contribution in [0.1, 0.15) is 37.7 Å². The van der Waals surface area contributed by atoms with Crippen LogP contribution in [0, 0.1) is 5.92 Å². The number of rotatable bonds is 6. The van der Waals surface area contributed by atoms with Gasteiger partial charge in [0.05, 0.1) is 0 Å². The average Bonchev–Trinajstić information content (AvgIpc) is 2.88. The second kappa shape index (κ2) is 7.44. The zero-order chi connectivity index (χ0) is 18.8. The summed E-state index contributed by atoms with van der Waals surface area (Å²) in [5, 5.41) is 2.81. The predicted octanol–water partition coefficient (Wildman–Crippen LogP) is 3.47. The molecule has 1 heterocycles. The summed E-state index contributed by atoms with van der Waals surface area (Å²) in [6.45, 7) is 5.65. The monoisotopic (exact) mass is 405 g/mol. The fraction of sp³-hybridized carbons (Fsp3) is 0.368. The third-order valence-corrected chi connectivity index (χ3v) is 4.95. The van der Waals surface area contributed by atoms with Gasteiger partial charge in [0.1, 0.15) is 11.2 Å². The molecular weight excluding hydrogens is 382 g/mol. The van der Waals surface area contributed by atoms with E-state index in [-0.39, 0.29) is 11.8 Å². The van der Waals surface area contributed by atoms with Crippen LogP contribution in [-0.4, -0.2) is 21.9 Å². The van der Waals surface area contributed by atoms with E-state index in [1.165, 1.54) is 0 Å². The number of nitrogens with zero attached hydrogens (tertiary/aromatic N) is 1. The zero-order valence-electron chi connectivity index (χ0n) is 15.0. The largest absolute Gasteiger partial charge is 0.368 e. The Morgan fingerprint density at radius 3 is 2.44 bits per heavy atom. The maximum Gasteiger partial charge on any atom is 0.268 e. The highest BCUT2D eigenvalue weighted by molar-refractivity contribution is 9.10. The van der Waals surface area contributed by atoms with Crippen molar-refractivity contribution >= 4 is 27.7 Å². The average molecular weight is 406 g/mol. The standard InChI is InChI=1S/C19H24BrN3O2/c1-12(2)11-19(3,18(21)25)22-17(24)16-10-9-15(23(16)4)13-7-5-6-8-14(13)20/h5-10,12H,11H2,1-4H3,(H2,21,25)(H,22,24). The van der Waals surface area contributed by atoms with Crippen molar-refractivity contribution in [1.82, 2.24) is 9.88 Å². The molecule has 2 rings (SSSR count). The first kappa shape index (κ1) is 19.2. The Bertz CT molecular complexity index is 798. The van der Waals surface area contributed by atoms with Gasteiger partial charge in [-0.15, -0.1) is 0 Å². The zero-order valence-corrected chi connectivity index (χ0v) is 16.6. The number of carbonyl (C=O) groups is 2. The van der Waals surface area contributed by atoms with E-state index >= 15 is 0 Å². The summed E-state index contributed by atoms with van der Waals surface area (Å²) in [5.74, 6) is -0.625. The van der Waals surface area contributed by atoms with Crippen molar-refractivity contribution < 1.29 is 9.59 Å². The highest BCUT2D eigenvalue weighted by Gasteiger charge is 2.34. The molecule has 1 unspecified atom stereocenters. The SMILES string of the molecule is CC(C)CC(C)(NC(=O)c1ccc(-c2ccccc2Br)n1C)C(N)=O. The molecule has 0 saturated heterocycles. The number of halogens is 1. The molecule has 0 saturated carbocycles. The molecule has 1 atom stereocenters. The minimum absolute atomic E-state index is 0.224. The molecule has 1 aromatic carbocycles. The van der Waals surface area contributed by atoms with E-state index in [4.69, 9.17) is 5.73 Å². The predicted molar refractivity (Wildman–Crippen MR) is 103 cm³/mol. The maximum absolute atomic E-state index is 12.7. The van der Waals surface area contributed by atoms with E-state index in [0.717, 1.165) is 15.7 Å². The van der Waals surface area contributed by atoms with Crippen molar-refractivity contribution in [3.05, 3.63) is 46.6 Å². The Morgan fingerprint density at radius 1 is 1.24 bits per heavy atom. The van der Waals surface area contributed by atoms with Gasteiger partial charge in [0, 0.05) is 22.8 Å². The van der Waals surface area contributed by atoms with Crippen molar-refractivity contribution in [3.8, 4) is 11.3 Å². The quantitative estimate of drug-likeness (QED) is 0.771. The van der Waals surface area contributed by atoms with E-state index in [1.807, 2.05) is 55.8 Å². The molecule has 0 aliphatic carbocycles. The Hall–Kier alpha value is -2.08. The third-order valence-electron chi connectivity index (χ3n) is 4.25. The van der Waals surface area contributed by atoms with Gasteiger partial charge in [0.25, 0.3) is 5.91 Å². The molecule has 1 aromatic heterocycles. The first-order valence-electron chi connectivity index (χ1n) is 8.18. The van der Waals surface area contributed by atoms with Crippen LogP contribution in [0.5, 0.6) is 0 Å². The van der Waals surface area contributed by atoms with Crippen molar-refractivity contribution in [2.24, 2.45) is 18.7 Å². The van der Waals surface area contributed by atoms with Crippen molar-refractivity contribution in [2.45, 2.75) is 32.7 Å². The molecule has 25 heavy (non-hydrogen) atoms. The number of amides is 2. The molecule has 134 valence electrons. The van der Waals surface area contributed by atoms with Gasteiger partial charge in [-0.2, -0.15) is 0 Å². The molecule has 0 spiro atoms. The van der Waals surface area contributed by atoms with Gasteiger partial charge in [-0.25, -0.2) is 0 Å². The van der Waals surface area contributed by atoms with Crippen LogP contribution < -0.4 is 11.1 Å². The molecule has 6 heteroatoms. The number of hydrogen-bond donors (Lipinski definition) is 2. The number of aromatic nitrogens is 1. The highest BCUT2D eigenvalue weighted by atomic mass is 79.9. The van der Waals surface area contributed by atoms with E-state index in [0.29, 0.717) is 12.1 Å². The van der Waals surface area contributed by atoms with Crippen LogP contribution >= 0.6 is 15.9 Å². The summed E-state index contributed by atoms with van der Waals surface area (Å²) in [6.07, 6.45) is 0.482. The number of primary amides is 1. The van der Waals surface area contributed by atoms with Gasteiger partial charge in [0.2, 0.25) is 5.91 Å². The number of carbonyl (C=O) groups excluding carboxylic acids is 2. The van der Waals surface area contributed by atoms with Crippen LogP contribution in [0.2, 0.25) is 0 Å². The molecule has 0 bridgehead atoms. The van der Waals surface area contributed by atoms with Gasteiger partial charge in [-0.1, -0.05) is 48.0 Å². The Morgan fingerprint density at radius 2 is 1.88 bits per heavy atom. The van der Waals surface area contributed by atoms with Crippen LogP contribution in [0.15, 0.2) is 40.9 Å². The van der Waals surface area contributed by atoms with Gasteiger partial charge >= 0.3 is 0 Å². The fourth-order valence-electron chi connectivity index (χ4n) is 3.02. The lowest BCUT2D eigenvalue weighted by molar-refractivity contribution is -0.124. The van der Waals surface area contributed by atoms with Crippen molar-refractivity contribution in [2.75, 3.05) is 0 Å². The second-order valence-corrected chi connectivity index (χ2v) is 7.75. The van der Waals surface area contributed by atoms with E-state index in [1.54, 1.807) is 13.0 Å². The smallest absolute Gasteiger partial charge is 0.268 e. The molecular formula is C19H24BrN3O2. The molecule has 5 nitrogen and oxygen atoms in total. The molecule has 2 aromatic rings. The summed E-state index contributed by atoms with van der Waals surface area (Å²) in [5.41, 5.74) is 6.82. The van der Waals surface area contributed by atoms with Crippen molar-refractivity contribution in [3.63, 3.8) is 0 Å². The Kier molecular flexibility index (Phi) is 5.72. The third kappa shape index (κ3) is 4.12. The summed E-state index contributed by atoms with van der Waals surface area (Å²) in [4.78, 5) is 24.6. The molecule has 0 aliphatic rings. The van der Waals surface area contributed by atoms with Gasteiger partial charge in [-0.05, 0) is 37.5 Å². The molecule has 3 N–H and O–H groups in total. The number of hydrogen-bond acceptors (Lipinski definition) is 2. The summed E-state index contributed by atoms with van der Waals surface area (Å²) in [7, 11) is 1.83. The Balaban J connectivity index is 2.32. The number of nitrogens with two attached hydrogens (primary N) is 1. The summed E-state index contributed by atoms with van der Waals surface area (Å²) in [6, 6.07) is 11.5. The van der Waals surface area contributed by atoms with Crippen LogP contribution in [0.3, 0.4) is 0 Å². The minimum Gasteiger partial charge on any atom is -0.368 e. The first-order valence-corrected chi connectivity index (χ1v) is 8.98. The summed E-state index contributed by atoms with van der Waals surface area (Å²) < 4.78 is 2.76. The minimum atomic E-state index is -1.08. The van der Waals surface area contributed by atoms with E-state index < -0.39 is 11.4 Å². The lowest BCUT2D eigenvalue weighted by Gasteiger charge is -2.29. The number of nitrogens with one attached hydrogen (secondary N) is 1. The molecule has 0 aliphatic heterocycles. The van der Waals surface area contributed by atoms with Gasteiger partial charge < -0.3 is 15.6 Å². The second-order valence-electron chi connectivity index (χ2n) is 6.89. The topological polar surface area (TPSA) is 77.1 Å². The van der Waals surface area contributed by atoms with Gasteiger partial charge in [0.15, 0.2) is 0 Å². The van der Waals surface area contributed by atoms with Crippen molar-refractivity contribution in [1.29, 1.82) is 0 Å². The van der Waals surface area contributed by atoms with Crippen LogP contribution in [0.25, 0.3) is 11.3 Å². The molecule has 2 amide bonds.